The molecule has 0 bridgehead atoms. The van der Waals surface area contributed by atoms with E-state index in [1.54, 1.807) is 24.7 Å². The standard InChI is InChI=1S/C26H27N7O2/c1-17-5-3-6-18(2)26(17)30-25(35)16-33-15-21(31-32-33)9-11-24(34)29-23-13-19(8-10-22(23)27)20-7-4-12-28-14-20/h3-8,10,12-15H,9,11,16,27H2,1-2H3,(H,29,34)(H,30,35). The number of nitrogens with one attached hydrogen (secondary N) is 2. The van der Waals surface area contributed by atoms with E-state index in [9.17, 15) is 9.59 Å². The van der Waals surface area contributed by atoms with Crippen LogP contribution in [0.1, 0.15) is 23.2 Å². The number of aryl methyl sites for hydroxylation is 3. The first-order chi connectivity index (χ1) is 16.9. The van der Waals surface area contributed by atoms with Gasteiger partial charge in [0.05, 0.1) is 17.1 Å². The maximum Gasteiger partial charge on any atom is 0.246 e. The van der Waals surface area contributed by atoms with Gasteiger partial charge in [0.15, 0.2) is 0 Å². The van der Waals surface area contributed by atoms with Crippen LogP contribution in [0.3, 0.4) is 0 Å². The molecule has 178 valence electrons. The molecule has 2 aromatic carbocycles. The maximum atomic E-state index is 12.5. The van der Waals surface area contributed by atoms with Gasteiger partial charge in [-0.3, -0.25) is 14.6 Å². The van der Waals surface area contributed by atoms with Gasteiger partial charge in [-0.2, -0.15) is 0 Å². The first-order valence-corrected chi connectivity index (χ1v) is 11.2. The summed E-state index contributed by atoms with van der Waals surface area (Å²) in [4.78, 5) is 29.1. The minimum Gasteiger partial charge on any atom is -0.397 e. The number of nitrogens with zero attached hydrogens (tertiary/aromatic N) is 4. The molecule has 0 aliphatic carbocycles. The molecule has 0 saturated carbocycles. The number of amides is 2. The van der Waals surface area contributed by atoms with Gasteiger partial charge in [-0.25, -0.2) is 4.68 Å². The van der Waals surface area contributed by atoms with Crippen molar-refractivity contribution in [1.29, 1.82) is 0 Å². The van der Waals surface area contributed by atoms with E-state index in [0.29, 0.717) is 23.5 Å². The Morgan fingerprint density at radius 3 is 2.51 bits per heavy atom. The van der Waals surface area contributed by atoms with Crippen LogP contribution in [0.4, 0.5) is 17.1 Å². The fourth-order valence-corrected chi connectivity index (χ4v) is 3.70. The van der Waals surface area contributed by atoms with Crippen LogP contribution in [-0.2, 0) is 22.6 Å². The second-order valence-corrected chi connectivity index (χ2v) is 8.31. The van der Waals surface area contributed by atoms with E-state index in [0.717, 1.165) is 27.9 Å². The Balaban J connectivity index is 1.31. The summed E-state index contributed by atoms with van der Waals surface area (Å²) in [6.45, 7) is 3.93. The molecule has 2 amide bonds. The van der Waals surface area contributed by atoms with E-state index < -0.39 is 0 Å². The number of para-hydroxylation sites is 1. The van der Waals surface area contributed by atoms with Gasteiger partial charge < -0.3 is 16.4 Å². The molecular weight excluding hydrogens is 442 g/mol. The van der Waals surface area contributed by atoms with E-state index in [4.69, 9.17) is 5.73 Å². The zero-order valence-electron chi connectivity index (χ0n) is 19.7. The van der Waals surface area contributed by atoms with Crippen molar-refractivity contribution in [2.75, 3.05) is 16.4 Å². The van der Waals surface area contributed by atoms with Crippen molar-refractivity contribution >= 4 is 28.9 Å². The van der Waals surface area contributed by atoms with Crippen LogP contribution in [0, 0.1) is 13.8 Å². The summed E-state index contributed by atoms with van der Waals surface area (Å²) in [5.74, 6) is -0.386. The number of hydrogen-bond donors (Lipinski definition) is 3. The Bertz CT molecular complexity index is 1330. The predicted molar refractivity (Wildman–Crippen MR) is 136 cm³/mol. The molecule has 0 atom stereocenters. The predicted octanol–water partition coefficient (Wildman–Crippen LogP) is 3.75. The Morgan fingerprint density at radius 2 is 1.77 bits per heavy atom. The van der Waals surface area contributed by atoms with Crippen molar-refractivity contribution in [3.8, 4) is 11.1 Å². The first-order valence-electron chi connectivity index (χ1n) is 11.2. The lowest BCUT2D eigenvalue weighted by Gasteiger charge is -2.11. The molecule has 4 aromatic rings. The van der Waals surface area contributed by atoms with Crippen LogP contribution in [0.25, 0.3) is 11.1 Å². The molecule has 2 aromatic heterocycles. The number of rotatable bonds is 8. The van der Waals surface area contributed by atoms with Gasteiger partial charge in [0.25, 0.3) is 0 Å². The summed E-state index contributed by atoms with van der Waals surface area (Å²) < 4.78 is 1.46. The lowest BCUT2D eigenvalue weighted by atomic mass is 10.1. The van der Waals surface area contributed by atoms with Crippen molar-refractivity contribution in [3.63, 3.8) is 0 Å². The van der Waals surface area contributed by atoms with Crippen LogP contribution >= 0.6 is 0 Å². The maximum absolute atomic E-state index is 12.5. The zero-order chi connectivity index (χ0) is 24.8. The molecule has 0 aliphatic heterocycles. The molecule has 0 unspecified atom stereocenters. The second kappa shape index (κ2) is 10.6. The lowest BCUT2D eigenvalue weighted by molar-refractivity contribution is -0.117. The molecule has 4 rings (SSSR count). The number of anilines is 3. The van der Waals surface area contributed by atoms with E-state index >= 15 is 0 Å². The number of benzene rings is 2. The Morgan fingerprint density at radius 1 is 0.971 bits per heavy atom. The largest absolute Gasteiger partial charge is 0.397 e. The molecule has 9 heteroatoms. The minimum atomic E-state index is -0.194. The van der Waals surface area contributed by atoms with Crippen LogP contribution < -0.4 is 16.4 Å². The highest BCUT2D eigenvalue weighted by Gasteiger charge is 2.12. The van der Waals surface area contributed by atoms with E-state index in [1.165, 1.54) is 4.68 Å². The molecule has 4 N–H and O–H groups in total. The topological polar surface area (TPSA) is 128 Å². The Hall–Kier alpha value is -4.53. The summed E-state index contributed by atoms with van der Waals surface area (Å²) in [6.07, 6.45) is 5.71. The Kier molecular flexibility index (Phi) is 7.15. The highest BCUT2D eigenvalue weighted by Crippen LogP contribution is 2.27. The van der Waals surface area contributed by atoms with Gasteiger partial charge in [0.1, 0.15) is 6.54 Å². The smallest absolute Gasteiger partial charge is 0.246 e. The number of carbonyl (C=O) groups excluding carboxylic acids is 2. The van der Waals surface area contributed by atoms with Crippen molar-refractivity contribution in [2.45, 2.75) is 33.2 Å². The molecule has 0 spiro atoms. The number of hydrogen-bond acceptors (Lipinski definition) is 6. The lowest BCUT2D eigenvalue weighted by Crippen LogP contribution is -2.20. The van der Waals surface area contributed by atoms with Crippen molar-refractivity contribution in [2.24, 2.45) is 0 Å². The van der Waals surface area contributed by atoms with Crippen LogP contribution in [0.15, 0.2) is 67.1 Å². The molecule has 0 saturated heterocycles. The normalized spacial score (nSPS) is 10.7. The zero-order valence-corrected chi connectivity index (χ0v) is 19.7. The fraction of sp³-hybridized carbons (Fsp3) is 0.192. The molecule has 35 heavy (non-hydrogen) atoms. The van der Waals surface area contributed by atoms with Crippen molar-refractivity contribution in [3.05, 3.63) is 83.9 Å². The first kappa shape index (κ1) is 23.6. The highest BCUT2D eigenvalue weighted by molar-refractivity contribution is 5.95. The van der Waals surface area contributed by atoms with Gasteiger partial charge in [0.2, 0.25) is 11.8 Å². The van der Waals surface area contributed by atoms with E-state index in [1.807, 2.05) is 56.3 Å². The van der Waals surface area contributed by atoms with E-state index in [2.05, 4.69) is 25.9 Å². The molecule has 9 nitrogen and oxygen atoms in total. The van der Waals surface area contributed by atoms with Crippen molar-refractivity contribution in [1.82, 2.24) is 20.0 Å². The third-order valence-electron chi connectivity index (χ3n) is 5.57. The second-order valence-electron chi connectivity index (χ2n) is 8.31. The molecular formula is C26H27N7O2. The van der Waals surface area contributed by atoms with Gasteiger partial charge in [0, 0.05) is 42.7 Å². The van der Waals surface area contributed by atoms with Gasteiger partial charge in [-0.15, -0.1) is 5.10 Å². The third-order valence-corrected chi connectivity index (χ3v) is 5.57. The van der Waals surface area contributed by atoms with E-state index in [-0.39, 0.29) is 24.8 Å². The minimum absolute atomic E-state index is 0.0324. The highest BCUT2D eigenvalue weighted by atomic mass is 16.2. The molecule has 0 fully saturated rings. The number of carbonyl (C=O) groups is 2. The van der Waals surface area contributed by atoms with Gasteiger partial charge >= 0.3 is 0 Å². The summed E-state index contributed by atoms with van der Waals surface area (Å²) in [6, 6.07) is 15.1. The van der Waals surface area contributed by atoms with Gasteiger partial charge in [-0.05, 0) is 48.7 Å². The number of nitrogens with two attached hydrogens (primary N) is 1. The molecule has 0 radical (unpaired) electrons. The summed E-state index contributed by atoms with van der Waals surface area (Å²) >= 11 is 0. The average Bonchev–Trinajstić information content (AvgIpc) is 3.29. The third kappa shape index (κ3) is 6.08. The number of nitrogen functional groups attached to an aromatic ring is 1. The number of aromatic nitrogens is 4. The van der Waals surface area contributed by atoms with Crippen molar-refractivity contribution < 1.29 is 9.59 Å². The van der Waals surface area contributed by atoms with Crippen LogP contribution in [0.5, 0.6) is 0 Å². The summed E-state index contributed by atoms with van der Waals surface area (Å²) in [5.41, 5.74) is 12.3. The van der Waals surface area contributed by atoms with Gasteiger partial charge in [-0.1, -0.05) is 35.5 Å². The SMILES string of the molecule is Cc1cccc(C)c1NC(=O)Cn1cc(CCC(=O)Nc2cc(-c3cccnc3)ccc2N)nn1. The summed E-state index contributed by atoms with van der Waals surface area (Å²) in [7, 11) is 0. The average molecular weight is 470 g/mol. The molecule has 2 heterocycles. The molecule has 0 aliphatic rings. The fourth-order valence-electron chi connectivity index (χ4n) is 3.70. The monoisotopic (exact) mass is 469 g/mol. The van der Waals surface area contributed by atoms with Crippen LogP contribution in [0.2, 0.25) is 0 Å². The quantitative estimate of drug-likeness (QED) is 0.337. The summed E-state index contributed by atoms with van der Waals surface area (Å²) in [5, 5.41) is 13.9. The van der Waals surface area contributed by atoms with Crippen LogP contribution in [-0.4, -0.2) is 31.8 Å². The number of pyridine rings is 1. The Labute approximate surface area is 203 Å².